The zero-order valence-electron chi connectivity index (χ0n) is 15.1. The van der Waals surface area contributed by atoms with Crippen LogP contribution in [0.1, 0.15) is 23.1 Å². The monoisotopic (exact) mass is 357 g/mol. The van der Waals surface area contributed by atoms with Crippen molar-refractivity contribution < 1.29 is 9.90 Å². The van der Waals surface area contributed by atoms with Crippen molar-refractivity contribution in [2.24, 2.45) is 5.92 Å². The molecule has 0 heterocycles. The van der Waals surface area contributed by atoms with E-state index in [1.807, 2.05) is 48.5 Å². The van der Waals surface area contributed by atoms with Crippen LogP contribution in [0, 0.1) is 5.92 Å². The first kappa shape index (κ1) is 17.3. The molecule has 0 saturated heterocycles. The van der Waals surface area contributed by atoms with Gasteiger partial charge in [-0.1, -0.05) is 72.8 Å². The zero-order chi connectivity index (χ0) is 18.7. The maximum absolute atomic E-state index is 12.9. The highest BCUT2D eigenvalue weighted by Gasteiger charge is 2.59. The zero-order valence-corrected chi connectivity index (χ0v) is 15.1. The topological polar surface area (TPSA) is 49.3 Å². The van der Waals surface area contributed by atoms with E-state index in [-0.39, 0.29) is 23.0 Å². The van der Waals surface area contributed by atoms with E-state index in [1.54, 1.807) is 12.1 Å². The van der Waals surface area contributed by atoms with Gasteiger partial charge < -0.3 is 10.4 Å². The Hall–Kier alpha value is -3.07. The van der Waals surface area contributed by atoms with E-state index >= 15 is 0 Å². The van der Waals surface area contributed by atoms with Crippen molar-refractivity contribution >= 4 is 5.91 Å². The average Bonchev–Trinajstić information content (AvgIpc) is 3.48. The molecule has 27 heavy (non-hydrogen) atoms. The minimum Gasteiger partial charge on any atom is -0.508 e. The fraction of sp³-hybridized carbons (Fsp3) is 0.208. The molecule has 3 aromatic rings. The molecule has 2 N–H and O–H groups in total. The summed E-state index contributed by atoms with van der Waals surface area (Å²) in [5.74, 6) is 0.333. The quantitative estimate of drug-likeness (QED) is 0.699. The second kappa shape index (κ2) is 7.28. The van der Waals surface area contributed by atoms with E-state index in [0.29, 0.717) is 6.54 Å². The number of amides is 1. The number of aromatic hydroxyl groups is 1. The van der Waals surface area contributed by atoms with Crippen molar-refractivity contribution in [3.8, 4) is 5.75 Å². The van der Waals surface area contributed by atoms with Gasteiger partial charge >= 0.3 is 0 Å². The number of phenols is 1. The molecule has 1 amide bonds. The van der Waals surface area contributed by atoms with E-state index in [4.69, 9.17) is 0 Å². The first-order chi connectivity index (χ1) is 13.2. The van der Waals surface area contributed by atoms with Crippen LogP contribution in [0.2, 0.25) is 0 Å². The number of hydrogen-bond acceptors (Lipinski definition) is 2. The second-order valence-electron chi connectivity index (χ2n) is 7.17. The first-order valence-corrected chi connectivity index (χ1v) is 9.37. The summed E-state index contributed by atoms with van der Waals surface area (Å²) in [6, 6.07) is 27.8. The van der Waals surface area contributed by atoms with Gasteiger partial charge in [0.2, 0.25) is 5.91 Å². The molecule has 1 fully saturated rings. The number of carbonyl (C=O) groups excluding carboxylic acids is 1. The molecule has 0 aromatic heterocycles. The van der Waals surface area contributed by atoms with Crippen LogP contribution >= 0.6 is 0 Å². The molecule has 0 spiro atoms. The number of rotatable bonds is 6. The summed E-state index contributed by atoms with van der Waals surface area (Å²) in [7, 11) is 0. The van der Waals surface area contributed by atoms with Crippen molar-refractivity contribution in [3.05, 3.63) is 102 Å². The summed E-state index contributed by atoms with van der Waals surface area (Å²) in [5.41, 5.74) is 3.29. The SMILES string of the molecule is O=C(NCCc1ccc(O)cc1)C1CC1(c1ccccc1)c1ccccc1. The minimum absolute atomic E-state index is 0.0397. The van der Waals surface area contributed by atoms with Crippen molar-refractivity contribution in [2.45, 2.75) is 18.3 Å². The smallest absolute Gasteiger partial charge is 0.224 e. The Morgan fingerprint density at radius 3 is 2.00 bits per heavy atom. The Balaban J connectivity index is 1.46. The van der Waals surface area contributed by atoms with Gasteiger partial charge in [-0.25, -0.2) is 0 Å². The van der Waals surface area contributed by atoms with Crippen LogP contribution in [0.25, 0.3) is 0 Å². The molecule has 0 aliphatic heterocycles. The molecule has 0 radical (unpaired) electrons. The number of hydrogen-bond donors (Lipinski definition) is 2. The van der Waals surface area contributed by atoms with Crippen LogP contribution in [-0.4, -0.2) is 17.6 Å². The van der Waals surface area contributed by atoms with Crippen LogP contribution in [-0.2, 0) is 16.6 Å². The van der Waals surface area contributed by atoms with Crippen LogP contribution < -0.4 is 5.32 Å². The summed E-state index contributed by atoms with van der Waals surface area (Å²) < 4.78 is 0. The Morgan fingerprint density at radius 2 is 1.44 bits per heavy atom. The van der Waals surface area contributed by atoms with E-state index in [0.717, 1.165) is 18.4 Å². The van der Waals surface area contributed by atoms with Gasteiger partial charge in [0.1, 0.15) is 5.75 Å². The summed E-state index contributed by atoms with van der Waals surface area (Å²) in [4.78, 5) is 12.9. The van der Waals surface area contributed by atoms with Gasteiger partial charge in [0.25, 0.3) is 0 Å². The maximum atomic E-state index is 12.9. The van der Waals surface area contributed by atoms with Crippen molar-refractivity contribution in [1.82, 2.24) is 5.32 Å². The standard InChI is InChI=1S/C24H23NO2/c26-21-13-11-18(12-14-21)15-16-25-23(27)22-17-24(22,19-7-3-1-4-8-19)20-9-5-2-6-10-20/h1-14,22,26H,15-17H2,(H,25,27). The van der Waals surface area contributed by atoms with Crippen molar-refractivity contribution in [1.29, 1.82) is 0 Å². The highest BCUT2D eigenvalue weighted by molar-refractivity contribution is 5.86. The van der Waals surface area contributed by atoms with E-state index < -0.39 is 0 Å². The van der Waals surface area contributed by atoms with E-state index in [1.165, 1.54) is 11.1 Å². The van der Waals surface area contributed by atoms with Gasteiger partial charge in [-0.15, -0.1) is 0 Å². The highest BCUT2D eigenvalue weighted by Crippen LogP contribution is 2.58. The second-order valence-corrected chi connectivity index (χ2v) is 7.17. The fourth-order valence-corrected chi connectivity index (χ4v) is 3.97. The molecule has 3 nitrogen and oxygen atoms in total. The van der Waals surface area contributed by atoms with Gasteiger partial charge in [-0.3, -0.25) is 4.79 Å². The van der Waals surface area contributed by atoms with Crippen molar-refractivity contribution in [2.75, 3.05) is 6.54 Å². The average molecular weight is 357 g/mol. The normalized spacial score (nSPS) is 17.3. The highest BCUT2D eigenvalue weighted by atomic mass is 16.3. The largest absolute Gasteiger partial charge is 0.508 e. The van der Waals surface area contributed by atoms with Crippen molar-refractivity contribution in [3.63, 3.8) is 0 Å². The first-order valence-electron chi connectivity index (χ1n) is 9.37. The molecule has 1 aliphatic rings. The molecule has 3 heteroatoms. The molecule has 136 valence electrons. The van der Waals surface area contributed by atoms with Crippen LogP contribution in [0.3, 0.4) is 0 Å². The van der Waals surface area contributed by atoms with E-state index in [9.17, 15) is 9.90 Å². The molecule has 0 bridgehead atoms. The lowest BCUT2D eigenvalue weighted by Gasteiger charge is -2.19. The Bertz CT molecular complexity index is 865. The van der Waals surface area contributed by atoms with Gasteiger partial charge in [-0.2, -0.15) is 0 Å². The summed E-state index contributed by atoms with van der Waals surface area (Å²) in [6.07, 6.45) is 1.59. The molecule has 1 saturated carbocycles. The third-order valence-corrected chi connectivity index (χ3v) is 5.50. The molecule has 1 aliphatic carbocycles. The summed E-state index contributed by atoms with van der Waals surface area (Å²) >= 11 is 0. The van der Waals surface area contributed by atoms with Gasteiger partial charge in [0.15, 0.2) is 0 Å². The van der Waals surface area contributed by atoms with Gasteiger partial charge in [-0.05, 0) is 41.7 Å². The van der Waals surface area contributed by atoms with Crippen LogP contribution in [0.5, 0.6) is 5.75 Å². The predicted molar refractivity (Wildman–Crippen MR) is 107 cm³/mol. The van der Waals surface area contributed by atoms with Gasteiger partial charge in [0.05, 0.1) is 5.92 Å². The van der Waals surface area contributed by atoms with Crippen LogP contribution in [0.15, 0.2) is 84.9 Å². The molecule has 1 atom stereocenters. The third-order valence-electron chi connectivity index (χ3n) is 5.50. The number of benzene rings is 3. The molecular weight excluding hydrogens is 334 g/mol. The lowest BCUT2D eigenvalue weighted by atomic mass is 9.85. The molecular formula is C24H23NO2. The lowest BCUT2D eigenvalue weighted by Crippen LogP contribution is -2.30. The Morgan fingerprint density at radius 1 is 0.889 bits per heavy atom. The lowest BCUT2D eigenvalue weighted by molar-refractivity contribution is -0.122. The number of carbonyl (C=O) groups is 1. The number of nitrogens with one attached hydrogen (secondary N) is 1. The van der Waals surface area contributed by atoms with E-state index in [2.05, 4.69) is 29.6 Å². The summed E-state index contributed by atoms with van der Waals surface area (Å²) in [5, 5.41) is 12.5. The molecule has 1 unspecified atom stereocenters. The molecule has 4 rings (SSSR count). The summed E-state index contributed by atoms with van der Waals surface area (Å²) in [6.45, 7) is 0.597. The van der Waals surface area contributed by atoms with Gasteiger partial charge in [0, 0.05) is 12.0 Å². The minimum atomic E-state index is -0.217. The Kier molecular flexibility index (Phi) is 4.68. The maximum Gasteiger partial charge on any atom is 0.224 e. The predicted octanol–water partition coefficient (Wildman–Crippen LogP) is 4.06. The molecule has 3 aromatic carbocycles. The fourth-order valence-electron chi connectivity index (χ4n) is 3.97. The Labute approximate surface area is 159 Å². The third kappa shape index (κ3) is 3.45. The number of phenolic OH excluding ortho intramolecular Hbond substituents is 1. The van der Waals surface area contributed by atoms with Crippen LogP contribution in [0.4, 0.5) is 0 Å².